The number of aromatic carboxylic acids is 1. The third-order valence-corrected chi connectivity index (χ3v) is 2.92. The maximum Gasteiger partial charge on any atom is 0.349 e. The van der Waals surface area contributed by atoms with Crippen molar-refractivity contribution >= 4 is 17.3 Å². The highest BCUT2D eigenvalue weighted by atomic mass is 32.1. The van der Waals surface area contributed by atoms with E-state index >= 15 is 0 Å². The molecule has 16 heavy (non-hydrogen) atoms. The summed E-state index contributed by atoms with van der Waals surface area (Å²) < 4.78 is 10.4. The summed E-state index contributed by atoms with van der Waals surface area (Å²) in [5.41, 5.74) is 0.669. The van der Waals surface area contributed by atoms with Crippen molar-refractivity contribution in [1.29, 1.82) is 0 Å². The van der Waals surface area contributed by atoms with E-state index in [-0.39, 0.29) is 11.5 Å². The Morgan fingerprint density at radius 1 is 1.69 bits per heavy atom. The molecule has 0 atom stereocenters. The van der Waals surface area contributed by atoms with Gasteiger partial charge in [-0.05, 0) is 18.4 Å². The van der Waals surface area contributed by atoms with Gasteiger partial charge in [0.15, 0.2) is 11.3 Å². The van der Waals surface area contributed by atoms with Crippen LogP contribution in [0.4, 0.5) is 0 Å². The van der Waals surface area contributed by atoms with Gasteiger partial charge in [0.25, 0.3) is 0 Å². The van der Waals surface area contributed by atoms with Crippen LogP contribution in [0.2, 0.25) is 0 Å². The van der Waals surface area contributed by atoms with Crippen molar-refractivity contribution in [3.8, 4) is 5.75 Å². The van der Waals surface area contributed by atoms with Crippen LogP contribution in [-0.4, -0.2) is 16.1 Å². The summed E-state index contributed by atoms with van der Waals surface area (Å²) in [6.07, 6.45) is 1.33. The molecule has 2 aromatic rings. The van der Waals surface area contributed by atoms with E-state index in [1.807, 2.05) is 0 Å². The third-order valence-electron chi connectivity index (χ3n) is 2.03. The molecule has 6 heteroatoms. The molecule has 0 bridgehead atoms. The first-order valence-electron chi connectivity index (χ1n) is 4.51. The fourth-order valence-electron chi connectivity index (χ4n) is 1.18. The first-order chi connectivity index (χ1) is 7.68. The minimum absolute atomic E-state index is 0.196. The number of aromatic nitrogens is 1. The smallest absolute Gasteiger partial charge is 0.349 e. The van der Waals surface area contributed by atoms with E-state index in [4.69, 9.17) is 14.3 Å². The SMILES string of the molecule is Cc1ocnc1COc1ccsc1C(=O)O. The lowest BCUT2D eigenvalue weighted by molar-refractivity contribution is 0.0697. The second-order valence-corrected chi connectivity index (χ2v) is 3.98. The lowest BCUT2D eigenvalue weighted by Crippen LogP contribution is -2.01. The monoisotopic (exact) mass is 239 g/mol. The Morgan fingerprint density at radius 3 is 3.12 bits per heavy atom. The van der Waals surface area contributed by atoms with Crippen LogP contribution in [0.25, 0.3) is 0 Å². The first-order valence-corrected chi connectivity index (χ1v) is 5.39. The molecule has 5 nitrogen and oxygen atoms in total. The zero-order valence-corrected chi connectivity index (χ0v) is 9.28. The van der Waals surface area contributed by atoms with Crippen LogP contribution in [0.15, 0.2) is 22.3 Å². The van der Waals surface area contributed by atoms with Gasteiger partial charge in [-0.2, -0.15) is 0 Å². The zero-order valence-electron chi connectivity index (χ0n) is 8.47. The van der Waals surface area contributed by atoms with Gasteiger partial charge in [0, 0.05) is 0 Å². The number of carboxylic acids is 1. The molecule has 0 unspecified atom stereocenters. The standard InChI is InChI=1S/C10H9NO4S/c1-6-7(11-5-15-6)4-14-8-2-3-16-9(8)10(12)13/h2-3,5H,4H2,1H3,(H,12,13). The lowest BCUT2D eigenvalue weighted by Gasteiger charge is -2.03. The van der Waals surface area contributed by atoms with Crippen LogP contribution < -0.4 is 4.74 Å². The van der Waals surface area contributed by atoms with Crippen molar-refractivity contribution in [2.75, 3.05) is 0 Å². The lowest BCUT2D eigenvalue weighted by atomic mass is 10.4. The minimum Gasteiger partial charge on any atom is -0.485 e. The Hall–Kier alpha value is -1.82. The molecule has 2 rings (SSSR count). The second-order valence-electron chi connectivity index (χ2n) is 3.06. The Bertz CT molecular complexity index is 502. The van der Waals surface area contributed by atoms with E-state index in [0.29, 0.717) is 17.2 Å². The largest absolute Gasteiger partial charge is 0.485 e. The molecule has 0 saturated carbocycles. The molecule has 0 aromatic carbocycles. The summed E-state index contributed by atoms with van der Waals surface area (Å²) in [4.78, 5) is 15.0. The minimum atomic E-state index is -0.984. The highest BCUT2D eigenvalue weighted by molar-refractivity contribution is 7.12. The number of aryl methyl sites for hydroxylation is 1. The van der Waals surface area contributed by atoms with Crippen LogP contribution in [0.3, 0.4) is 0 Å². The number of hydrogen-bond donors (Lipinski definition) is 1. The van der Waals surface area contributed by atoms with Crippen molar-refractivity contribution in [2.45, 2.75) is 13.5 Å². The van der Waals surface area contributed by atoms with Crippen molar-refractivity contribution in [2.24, 2.45) is 0 Å². The Kier molecular flexibility index (Phi) is 2.91. The van der Waals surface area contributed by atoms with Crippen molar-refractivity contribution in [3.63, 3.8) is 0 Å². The van der Waals surface area contributed by atoms with Crippen LogP contribution in [-0.2, 0) is 6.61 Å². The molecule has 0 saturated heterocycles. The number of carbonyl (C=O) groups is 1. The molecule has 84 valence electrons. The van der Waals surface area contributed by atoms with Gasteiger partial charge in [0.05, 0.1) is 0 Å². The van der Waals surface area contributed by atoms with Gasteiger partial charge in [-0.25, -0.2) is 9.78 Å². The van der Waals surface area contributed by atoms with E-state index in [1.165, 1.54) is 6.39 Å². The molecular weight excluding hydrogens is 230 g/mol. The molecule has 0 radical (unpaired) electrons. The summed E-state index contributed by atoms with van der Waals surface area (Å²) in [7, 11) is 0. The van der Waals surface area contributed by atoms with Gasteiger partial charge in [0.1, 0.15) is 23.8 Å². The molecule has 0 aliphatic heterocycles. The molecule has 0 aliphatic carbocycles. The van der Waals surface area contributed by atoms with Gasteiger partial charge >= 0.3 is 5.97 Å². The fraction of sp³-hybridized carbons (Fsp3) is 0.200. The highest BCUT2D eigenvalue weighted by Crippen LogP contribution is 2.25. The predicted molar refractivity (Wildman–Crippen MR) is 56.9 cm³/mol. The molecule has 0 aliphatic rings. The summed E-state index contributed by atoms with van der Waals surface area (Å²) in [6.45, 7) is 1.98. The van der Waals surface area contributed by atoms with E-state index in [1.54, 1.807) is 18.4 Å². The number of carboxylic acid groups (broad SMARTS) is 1. The normalized spacial score (nSPS) is 10.3. The number of hydrogen-bond acceptors (Lipinski definition) is 5. The van der Waals surface area contributed by atoms with Crippen LogP contribution in [0.1, 0.15) is 21.1 Å². The topological polar surface area (TPSA) is 72.6 Å². The van der Waals surface area contributed by atoms with Crippen LogP contribution >= 0.6 is 11.3 Å². The molecule has 0 amide bonds. The Morgan fingerprint density at radius 2 is 2.50 bits per heavy atom. The molecule has 2 heterocycles. The summed E-state index contributed by atoms with van der Waals surface area (Å²) >= 11 is 1.13. The zero-order chi connectivity index (χ0) is 11.5. The molecule has 0 spiro atoms. The number of rotatable bonds is 4. The van der Waals surface area contributed by atoms with E-state index in [0.717, 1.165) is 11.3 Å². The first kappa shape index (κ1) is 10.7. The van der Waals surface area contributed by atoms with Crippen LogP contribution in [0, 0.1) is 6.92 Å². The van der Waals surface area contributed by atoms with Gasteiger partial charge in [-0.15, -0.1) is 11.3 Å². The average molecular weight is 239 g/mol. The van der Waals surface area contributed by atoms with Crippen molar-refractivity contribution < 1.29 is 19.1 Å². The summed E-state index contributed by atoms with van der Waals surface area (Å²) in [6, 6.07) is 1.63. The van der Waals surface area contributed by atoms with Crippen molar-refractivity contribution in [3.05, 3.63) is 34.2 Å². The number of ether oxygens (including phenoxy) is 1. The summed E-state index contributed by atoms with van der Waals surface area (Å²) in [5.74, 6) is 0.0499. The molecule has 2 aromatic heterocycles. The maximum absolute atomic E-state index is 10.8. The average Bonchev–Trinajstić information content (AvgIpc) is 2.83. The van der Waals surface area contributed by atoms with E-state index in [9.17, 15) is 4.79 Å². The maximum atomic E-state index is 10.8. The Balaban J connectivity index is 2.08. The van der Waals surface area contributed by atoms with Gasteiger partial charge in [-0.1, -0.05) is 0 Å². The van der Waals surface area contributed by atoms with E-state index < -0.39 is 5.97 Å². The number of oxazole rings is 1. The van der Waals surface area contributed by atoms with E-state index in [2.05, 4.69) is 4.98 Å². The number of nitrogens with zero attached hydrogens (tertiary/aromatic N) is 1. The highest BCUT2D eigenvalue weighted by Gasteiger charge is 2.13. The van der Waals surface area contributed by atoms with Gasteiger partial charge < -0.3 is 14.3 Å². The number of thiophene rings is 1. The van der Waals surface area contributed by atoms with Gasteiger partial charge in [-0.3, -0.25) is 0 Å². The molecule has 1 N–H and O–H groups in total. The van der Waals surface area contributed by atoms with Crippen LogP contribution in [0.5, 0.6) is 5.75 Å². The molecular formula is C10H9NO4S. The van der Waals surface area contributed by atoms with Gasteiger partial charge in [0.2, 0.25) is 0 Å². The fourth-order valence-corrected chi connectivity index (χ4v) is 1.85. The third kappa shape index (κ3) is 2.06. The predicted octanol–water partition coefficient (Wildman–Crippen LogP) is 2.32. The molecule has 0 fully saturated rings. The second kappa shape index (κ2) is 4.36. The Labute approximate surface area is 95.3 Å². The summed E-state index contributed by atoms with van der Waals surface area (Å²) in [5, 5.41) is 10.5. The quantitative estimate of drug-likeness (QED) is 0.886. The van der Waals surface area contributed by atoms with Crippen molar-refractivity contribution in [1.82, 2.24) is 4.98 Å².